The Kier molecular flexibility index (Phi) is 10.4. The van der Waals surface area contributed by atoms with Crippen LogP contribution in [-0.2, 0) is 23.8 Å². The predicted octanol–water partition coefficient (Wildman–Crippen LogP) is 7.77. The lowest BCUT2D eigenvalue weighted by atomic mass is 9.89. The molecule has 0 bridgehead atoms. The molecule has 214 valence electrons. The molecular weight excluding hydrogens is 551 g/mol. The normalized spacial score (nSPS) is 12.2. The van der Waals surface area contributed by atoms with Crippen LogP contribution in [0.2, 0.25) is 5.02 Å². The van der Waals surface area contributed by atoms with Gasteiger partial charge in [0, 0.05) is 18.0 Å². The van der Waals surface area contributed by atoms with E-state index in [1.54, 1.807) is 24.3 Å². The van der Waals surface area contributed by atoms with E-state index in [1.807, 2.05) is 48.5 Å². The van der Waals surface area contributed by atoms with Gasteiger partial charge in [-0.1, -0.05) is 96.5 Å². The van der Waals surface area contributed by atoms with Crippen molar-refractivity contribution in [3.05, 3.63) is 135 Å². The highest BCUT2D eigenvalue weighted by molar-refractivity contribution is 6.32. The molecule has 0 heterocycles. The van der Waals surface area contributed by atoms with Crippen LogP contribution in [0.15, 0.2) is 97.1 Å². The first-order chi connectivity index (χ1) is 19.7. The van der Waals surface area contributed by atoms with Gasteiger partial charge in [0.1, 0.15) is 5.75 Å². The summed E-state index contributed by atoms with van der Waals surface area (Å²) in [6, 6.07) is 29.1. The quantitative estimate of drug-likeness (QED) is 0.158. The molecule has 0 radical (unpaired) electrons. The Morgan fingerprint density at radius 1 is 0.878 bits per heavy atom. The highest BCUT2D eigenvalue weighted by Gasteiger charge is 2.33. The molecule has 0 fully saturated rings. The van der Waals surface area contributed by atoms with Gasteiger partial charge in [-0.2, -0.15) is 13.2 Å². The summed E-state index contributed by atoms with van der Waals surface area (Å²) in [6.45, 7) is 1.77. The number of halogens is 4. The lowest BCUT2D eigenvalue weighted by Crippen LogP contribution is -2.24. The average Bonchev–Trinajstić information content (AvgIpc) is 2.94. The monoisotopic (exact) mass is 581 g/mol. The second-order valence-corrected chi connectivity index (χ2v) is 10.1. The number of aliphatic carboxylic acids is 1. The van der Waals surface area contributed by atoms with E-state index in [2.05, 4.69) is 17.4 Å². The van der Waals surface area contributed by atoms with Crippen molar-refractivity contribution in [2.24, 2.45) is 0 Å². The van der Waals surface area contributed by atoms with Crippen molar-refractivity contribution in [1.29, 1.82) is 0 Å². The summed E-state index contributed by atoms with van der Waals surface area (Å²) in [6.07, 6.45) is -3.60. The summed E-state index contributed by atoms with van der Waals surface area (Å²) >= 11 is 6.16. The number of hydrogen-bond acceptors (Lipinski definition) is 3. The van der Waals surface area contributed by atoms with Gasteiger partial charge in [-0.05, 0) is 53.8 Å². The molecule has 0 aliphatic heterocycles. The van der Waals surface area contributed by atoms with E-state index < -0.39 is 17.7 Å². The van der Waals surface area contributed by atoms with Gasteiger partial charge < -0.3 is 15.2 Å². The summed E-state index contributed by atoms with van der Waals surface area (Å²) in [7, 11) is 0. The third kappa shape index (κ3) is 8.59. The van der Waals surface area contributed by atoms with Crippen LogP contribution < -0.4 is 10.1 Å². The molecule has 41 heavy (non-hydrogen) atoms. The van der Waals surface area contributed by atoms with Gasteiger partial charge in [0.05, 0.1) is 23.6 Å². The number of para-hydroxylation sites is 1. The van der Waals surface area contributed by atoms with E-state index in [0.717, 1.165) is 29.2 Å². The van der Waals surface area contributed by atoms with Crippen LogP contribution in [0.4, 0.5) is 13.2 Å². The molecule has 0 aliphatic rings. The van der Waals surface area contributed by atoms with Gasteiger partial charge >= 0.3 is 12.1 Å². The zero-order chi connectivity index (χ0) is 29.2. The van der Waals surface area contributed by atoms with E-state index in [9.17, 15) is 18.0 Å². The molecule has 4 nitrogen and oxygen atoms in total. The van der Waals surface area contributed by atoms with Crippen LogP contribution >= 0.6 is 11.6 Å². The molecule has 1 atom stereocenters. The Hall–Kier alpha value is -3.81. The number of nitrogens with one attached hydrogen (secondary N) is 1. The fourth-order valence-electron chi connectivity index (χ4n) is 4.77. The van der Waals surface area contributed by atoms with Crippen molar-refractivity contribution >= 4 is 17.6 Å². The van der Waals surface area contributed by atoms with Gasteiger partial charge in [0.15, 0.2) is 0 Å². The van der Waals surface area contributed by atoms with Crippen molar-refractivity contribution in [2.45, 2.75) is 31.4 Å². The second kappa shape index (κ2) is 14.2. The highest BCUT2D eigenvalue weighted by atomic mass is 35.5. The summed E-state index contributed by atoms with van der Waals surface area (Å²) < 4.78 is 45.9. The molecule has 0 spiro atoms. The molecule has 8 heteroatoms. The van der Waals surface area contributed by atoms with Crippen molar-refractivity contribution in [1.82, 2.24) is 5.32 Å². The molecule has 4 aromatic carbocycles. The maximum absolute atomic E-state index is 13.3. The summed E-state index contributed by atoms with van der Waals surface area (Å²) in [5.41, 5.74) is 3.28. The van der Waals surface area contributed by atoms with E-state index >= 15 is 0 Å². The molecule has 2 N–H and O–H groups in total. The lowest BCUT2D eigenvalue weighted by molar-refractivity contribution is -0.138. The Morgan fingerprint density at radius 2 is 1.56 bits per heavy atom. The lowest BCUT2D eigenvalue weighted by Gasteiger charge is -2.20. The molecule has 0 saturated heterocycles. The Morgan fingerprint density at radius 3 is 2.32 bits per heavy atom. The minimum Gasteiger partial charge on any atom is -0.493 e. The summed E-state index contributed by atoms with van der Waals surface area (Å²) in [5.74, 6) is -0.309. The fourth-order valence-corrected chi connectivity index (χ4v) is 5.07. The number of carbonyl (C=O) groups is 1. The average molecular weight is 582 g/mol. The first-order valence-corrected chi connectivity index (χ1v) is 13.7. The smallest absolute Gasteiger partial charge is 0.417 e. The van der Waals surface area contributed by atoms with Crippen LogP contribution in [0.25, 0.3) is 0 Å². The highest BCUT2D eigenvalue weighted by Crippen LogP contribution is 2.37. The number of hydrogen-bond donors (Lipinski definition) is 2. The molecule has 0 aromatic heterocycles. The largest absolute Gasteiger partial charge is 0.493 e. The van der Waals surface area contributed by atoms with Crippen LogP contribution in [0.1, 0.15) is 45.7 Å². The number of alkyl halides is 3. The Bertz CT molecular complexity index is 1440. The van der Waals surface area contributed by atoms with Crippen LogP contribution in [-0.4, -0.2) is 30.8 Å². The first-order valence-electron chi connectivity index (χ1n) is 13.3. The number of carboxylic acids is 1. The molecule has 0 aliphatic carbocycles. The molecule has 1 unspecified atom stereocenters. The predicted molar refractivity (Wildman–Crippen MR) is 155 cm³/mol. The zero-order valence-corrected chi connectivity index (χ0v) is 23.1. The maximum Gasteiger partial charge on any atom is 0.417 e. The first kappa shape index (κ1) is 30.2. The Labute approximate surface area is 242 Å². The fraction of sp³-hybridized carbons (Fsp3) is 0.242. The molecule has 4 aromatic rings. The third-order valence-corrected chi connectivity index (χ3v) is 7.20. The van der Waals surface area contributed by atoms with E-state index in [0.29, 0.717) is 36.6 Å². The standard InChI is InChI=1S/C33H31ClF3NO3/c34-32-27(14-7-15-29(32)33(35,36)37)20-23-9-6-13-25(19-23)28(24-10-2-1-3-11-24)22-38-17-8-18-41-30-16-5-4-12-26(30)21-31(39)40/h1-7,9-16,19,28,38H,8,17-18,20-22H2,(H,39,40). The zero-order valence-electron chi connectivity index (χ0n) is 22.3. The van der Waals surface area contributed by atoms with E-state index in [4.69, 9.17) is 21.4 Å². The minimum absolute atomic E-state index is 0.0188. The van der Waals surface area contributed by atoms with Crippen molar-refractivity contribution < 1.29 is 27.8 Å². The molecule has 4 rings (SSSR count). The van der Waals surface area contributed by atoms with Crippen molar-refractivity contribution in [3.8, 4) is 5.75 Å². The van der Waals surface area contributed by atoms with E-state index in [-0.39, 0.29) is 23.8 Å². The maximum atomic E-state index is 13.3. The number of ether oxygens (including phenoxy) is 1. The van der Waals surface area contributed by atoms with Gasteiger partial charge in [0.2, 0.25) is 0 Å². The third-order valence-electron chi connectivity index (χ3n) is 6.75. The van der Waals surface area contributed by atoms with Gasteiger partial charge in [-0.3, -0.25) is 4.79 Å². The Balaban J connectivity index is 1.41. The summed E-state index contributed by atoms with van der Waals surface area (Å²) in [4.78, 5) is 11.1. The van der Waals surface area contributed by atoms with E-state index in [1.165, 1.54) is 6.07 Å². The minimum atomic E-state index is -4.51. The SMILES string of the molecule is O=C(O)Cc1ccccc1OCCCNCC(c1ccccc1)c1cccc(Cc2cccc(C(F)(F)F)c2Cl)c1. The van der Waals surface area contributed by atoms with Crippen molar-refractivity contribution in [2.75, 3.05) is 19.7 Å². The number of rotatable bonds is 13. The van der Waals surface area contributed by atoms with Gasteiger partial charge in [0.25, 0.3) is 0 Å². The molecular formula is C33H31ClF3NO3. The van der Waals surface area contributed by atoms with Gasteiger partial charge in [-0.25, -0.2) is 0 Å². The van der Waals surface area contributed by atoms with Gasteiger partial charge in [-0.15, -0.1) is 0 Å². The second-order valence-electron chi connectivity index (χ2n) is 9.75. The van der Waals surface area contributed by atoms with Crippen LogP contribution in [0.3, 0.4) is 0 Å². The topological polar surface area (TPSA) is 58.6 Å². The summed E-state index contributed by atoms with van der Waals surface area (Å²) in [5, 5.41) is 12.3. The molecule has 0 saturated carbocycles. The van der Waals surface area contributed by atoms with Crippen LogP contribution in [0, 0.1) is 0 Å². The van der Waals surface area contributed by atoms with Crippen LogP contribution in [0.5, 0.6) is 5.75 Å². The molecule has 0 amide bonds. The number of benzene rings is 4. The van der Waals surface area contributed by atoms with Crippen molar-refractivity contribution in [3.63, 3.8) is 0 Å². The number of carboxylic acid groups (broad SMARTS) is 1.